The molecule has 1 aliphatic heterocycles. The predicted molar refractivity (Wildman–Crippen MR) is 51.4 cm³/mol. The normalized spacial score (nSPS) is 33.3. The number of nitrogens with one attached hydrogen (secondary N) is 1. The van der Waals surface area contributed by atoms with E-state index in [1.54, 1.807) is 0 Å². The van der Waals surface area contributed by atoms with Crippen LogP contribution in [0.3, 0.4) is 0 Å². The summed E-state index contributed by atoms with van der Waals surface area (Å²) in [7, 11) is 1.45. The van der Waals surface area contributed by atoms with Crippen molar-refractivity contribution in [3.8, 4) is 0 Å². The van der Waals surface area contributed by atoms with Crippen LogP contribution in [0.1, 0.15) is 33.1 Å². The summed E-state index contributed by atoms with van der Waals surface area (Å²) < 4.78 is 4.71. The molecule has 3 nitrogen and oxygen atoms in total. The fourth-order valence-corrected chi connectivity index (χ4v) is 2.01. The summed E-state index contributed by atoms with van der Waals surface area (Å²) in [4.78, 5) is 11.2. The minimum atomic E-state index is -0.120. The van der Waals surface area contributed by atoms with Crippen LogP contribution in [0, 0.1) is 5.92 Å². The van der Waals surface area contributed by atoms with E-state index in [9.17, 15) is 4.79 Å². The standard InChI is InChI=1S/C10H19NO2/c1-4-5-8-7(2)6-9(11-8)10(12)13-3/h7-9,11H,4-6H2,1-3H3/t7-,8-,9+/m0/s1. The Bertz CT molecular complexity index is 182. The van der Waals surface area contributed by atoms with Gasteiger partial charge in [0.25, 0.3) is 0 Å². The van der Waals surface area contributed by atoms with Crippen LogP contribution in [0.4, 0.5) is 0 Å². The van der Waals surface area contributed by atoms with Crippen molar-refractivity contribution >= 4 is 5.97 Å². The molecule has 1 aliphatic rings. The van der Waals surface area contributed by atoms with Crippen LogP contribution in [0.2, 0.25) is 0 Å². The number of rotatable bonds is 3. The molecular formula is C10H19NO2. The monoisotopic (exact) mass is 185 g/mol. The van der Waals surface area contributed by atoms with Crippen molar-refractivity contribution in [2.75, 3.05) is 7.11 Å². The molecule has 1 saturated heterocycles. The lowest BCUT2D eigenvalue weighted by atomic mass is 9.98. The molecule has 0 saturated carbocycles. The number of carbonyl (C=O) groups excluding carboxylic acids is 1. The summed E-state index contributed by atoms with van der Waals surface area (Å²) in [5.41, 5.74) is 0. The fourth-order valence-electron chi connectivity index (χ4n) is 2.01. The number of hydrogen-bond acceptors (Lipinski definition) is 3. The Morgan fingerprint density at radius 2 is 2.31 bits per heavy atom. The van der Waals surface area contributed by atoms with Crippen LogP contribution in [-0.4, -0.2) is 25.2 Å². The second kappa shape index (κ2) is 4.61. The van der Waals surface area contributed by atoms with E-state index in [0.29, 0.717) is 12.0 Å². The summed E-state index contributed by atoms with van der Waals surface area (Å²) >= 11 is 0. The van der Waals surface area contributed by atoms with Gasteiger partial charge in [0.1, 0.15) is 6.04 Å². The second-order valence-electron chi connectivity index (χ2n) is 3.85. The van der Waals surface area contributed by atoms with E-state index >= 15 is 0 Å². The van der Waals surface area contributed by atoms with Gasteiger partial charge in [-0.25, -0.2) is 0 Å². The lowest BCUT2D eigenvalue weighted by Crippen LogP contribution is -2.36. The van der Waals surface area contributed by atoms with Gasteiger partial charge in [-0.1, -0.05) is 20.3 Å². The predicted octanol–water partition coefficient (Wildman–Crippen LogP) is 1.33. The van der Waals surface area contributed by atoms with Crippen molar-refractivity contribution in [3.05, 3.63) is 0 Å². The van der Waals surface area contributed by atoms with Gasteiger partial charge in [0.15, 0.2) is 0 Å². The molecule has 1 rings (SSSR count). The zero-order valence-corrected chi connectivity index (χ0v) is 8.67. The van der Waals surface area contributed by atoms with E-state index in [1.807, 2.05) is 0 Å². The number of methoxy groups -OCH3 is 1. The Hall–Kier alpha value is -0.570. The highest BCUT2D eigenvalue weighted by Gasteiger charge is 2.34. The zero-order chi connectivity index (χ0) is 9.84. The number of hydrogen-bond donors (Lipinski definition) is 1. The van der Waals surface area contributed by atoms with Crippen molar-refractivity contribution in [2.45, 2.75) is 45.2 Å². The van der Waals surface area contributed by atoms with Crippen LogP contribution in [-0.2, 0) is 9.53 Å². The molecule has 3 atom stereocenters. The van der Waals surface area contributed by atoms with Crippen molar-refractivity contribution < 1.29 is 9.53 Å². The van der Waals surface area contributed by atoms with E-state index in [0.717, 1.165) is 19.3 Å². The SMILES string of the molecule is CCC[C@@H]1N[C@@H](C(=O)OC)C[C@@H]1C. The maximum atomic E-state index is 11.2. The molecule has 1 heterocycles. The molecule has 0 radical (unpaired) electrons. The third kappa shape index (κ3) is 2.44. The minimum Gasteiger partial charge on any atom is -0.468 e. The molecule has 0 bridgehead atoms. The van der Waals surface area contributed by atoms with Crippen molar-refractivity contribution in [1.82, 2.24) is 5.32 Å². The Morgan fingerprint density at radius 3 is 2.85 bits per heavy atom. The van der Waals surface area contributed by atoms with Crippen LogP contribution in [0.5, 0.6) is 0 Å². The molecule has 0 amide bonds. The van der Waals surface area contributed by atoms with Gasteiger partial charge < -0.3 is 10.1 Å². The van der Waals surface area contributed by atoms with Crippen LogP contribution in [0.25, 0.3) is 0 Å². The Morgan fingerprint density at radius 1 is 1.62 bits per heavy atom. The first-order chi connectivity index (χ1) is 6.19. The van der Waals surface area contributed by atoms with E-state index in [2.05, 4.69) is 19.2 Å². The smallest absolute Gasteiger partial charge is 0.322 e. The first-order valence-corrected chi connectivity index (χ1v) is 5.03. The summed E-state index contributed by atoms with van der Waals surface area (Å²) in [6.07, 6.45) is 3.22. The Balaban J connectivity index is 2.44. The molecule has 1 N–H and O–H groups in total. The minimum absolute atomic E-state index is 0.0726. The summed E-state index contributed by atoms with van der Waals surface area (Å²) in [5, 5.41) is 3.32. The second-order valence-corrected chi connectivity index (χ2v) is 3.85. The largest absolute Gasteiger partial charge is 0.468 e. The Kier molecular flexibility index (Phi) is 3.72. The molecule has 0 aromatic carbocycles. The molecule has 0 aromatic rings. The molecule has 0 spiro atoms. The van der Waals surface area contributed by atoms with E-state index in [4.69, 9.17) is 4.74 Å². The van der Waals surface area contributed by atoms with Gasteiger partial charge in [-0.15, -0.1) is 0 Å². The quantitative estimate of drug-likeness (QED) is 0.674. The van der Waals surface area contributed by atoms with Gasteiger partial charge in [0.2, 0.25) is 0 Å². The zero-order valence-electron chi connectivity index (χ0n) is 8.67. The molecule has 0 unspecified atom stereocenters. The molecule has 76 valence electrons. The third-order valence-electron chi connectivity index (χ3n) is 2.80. The van der Waals surface area contributed by atoms with Crippen LogP contribution >= 0.6 is 0 Å². The number of esters is 1. The molecule has 13 heavy (non-hydrogen) atoms. The average Bonchev–Trinajstić information content (AvgIpc) is 2.47. The maximum absolute atomic E-state index is 11.2. The van der Waals surface area contributed by atoms with Crippen molar-refractivity contribution in [1.29, 1.82) is 0 Å². The molecular weight excluding hydrogens is 166 g/mol. The highest BCUT2D eigenvalue weighted by Crippen LogP contribution is 2.23. The summed E-state index contributed by atoms with van der Waals surface area (Å²) in [5.74, 6) is 0.467. The topological polar surface area (TPSA) is 38.3 Å². The summed E-state index contributed by atoms with van der Waals surface area (Å²) in [6.45, 7) is 4.36. The lowest BCUT2D eigenvalue weighted by molar-refractivity contribution is -0.142. The number of ether oxygens (including phenoxy) is 1. The van der Waals surface area contributed by atoms with Crippen LogP contribution in [0.15, 0.2) is 0 Å². The first-order valence-electron chi connectivity index (χ1n) is 5.03. The highest BCUT2D eigenvalue weighted by atomic mass is 16.5. The lowest BCUT2D eigenvalue weighted by Gasteiger charge is -2.14. The molecule has 0 aromatic heterocycles. The Labute approximate surface area is 79.8 Å². The average molecular weight is 185 g/mol. The van der Waals surface area contributed by atoms with Gasteiger partial charge in [-0.2, -0.15) is 0 Å². The third-order valence-corrected chi connectivity index (χ3v) is 2.80. The van der Waals surface area contributed by atoms with Gasteiger partial charge in [-0.3, -0.25) is 4.79 Å². The molecule has 0 aliphatic carbocycles. The first kappa shape index (κ1) is 10.5. The van der Waals surface area contributed by atoms with E-state index in [-0.39, 0.29) is 12.0 Å². The highest BCUT2D eigenvalue weighted by molar-refractivity contribution is 5.76. The molecule has 3 heteroatoms. The van der Waals surface area contributed by atoms with E-state index in [1.165, 1.54) is 7.11 Å². The van der Waals surface area contributed by atoms with Crippen molar-refractivity contribution in [2.24, 2.45) is 5.92 Å². The van der Waals surface area contributed by atoms with Gasteiger partial charge in [-0.05, 0) is 18.8 Å². The van der Waals surface area contributed by atoms with Crippen LogP contribution < -0.4 is 5.32 Å². The number of carbonyl (C=O) groups is 1. The fraction of sp³-hybridized carbons (Fsp3) is 0.900. The maximum Gasteiger partial charge on any atom is 0.322 e. The van der Waals surface area contributed by atoms with Gasteiger partial charge >= 0.3 is 5.97 Å². The van der Waals surface area contributed by atoms with E-state index < -0.39 is 0 Å². The van der Waals surface area contributed by atoms with Crippen molar-refractivity contribution in [3.63, 3.8) is 0 Å². The van der Waals surface area contributed by atoms with Gasteiger partial charge in [0.05, 0.1) is 7.11 Å². The van der Waals surface area contributed by atoms with Gasteiger partial charge in [0, 0.05) is 6.04 Å². The molecule has 1 fully saturated rings. The summed E-state index contributed by atoms with van der Waals surface area (Å²) in [6, 6.07) is 0.422.